The van der Waals surface area contributed by atoms with Crippen LogP contribution in [-0.4, -0.2) is 48.9 Å². The van der Waals surface area contributed by atoms with Crippen LogP contribution >= 0.6 is 0 Å². The van der Waals surface area contributed by atoms with Gasteiger partial charge in [-0.1, -0.05) is 6.07 Å². The highest BCUT2D eigenvalue weighted by Gasteiger charge is 2.34. The number of nitrogens with two attached hydrogens (primary N) is 1. The highest BCUT2D eigenvalue weighted by atomic mass is 32.2. The molecule has 1 fully saturated rings. The van der Waals surface area contributed by atoms with Crippen LogP contribution in [-0.2, 0) is 10.0 Å². The number of benzene rings is 1. The average molecular weight is 314 g/mol. The van der Waals surface area contributed by atoms with Gasteiger partial charge in [-0.2, -0.15) is 4.31 Å². The van der Waals surface area contributed by atoms with Crippen molar-refractivity contribution in [3.63, 3.8) is 0 Å². The van der Waals surface area contributed by atoms with Crippen molar-refractivity contribution in [3.05, 3.63) is 24.3 Å². The van der Waals surface area contributed by atoms with E-state index in [1.54, 1.807) is 31.2 Å². The Morgan fingerprint density at radius 2 is 2.24 bits per heavy atom. The van der Waals surface area contributed by atoms with Gasteiger partial charge in [0.05, 0.1) is 11.4 Å². The normalized spacial score (nSPS) is 23.9. The number of nitrogen functional groups attached to an aromatic ring is 1. The van der Waals surface area contributed by atoms with E-state index in [0.717, 1.165) is 0 Å². The molecule has 1 aliphatic rings. The summed E-state index contributed by atoms with van der Waals surface area (Å²) in [4.78, 5) is 0. The van der Waals surface area contributed by atoms with E-state index < -0.39 is 15.6 Å². The Balaban J connectivity index is 1.89. The van der Waals surface area contributed by atoms with Crippen molar-refractivity contribution in [1.29, 1.82) is 0 Å². The molecule has 1 aromatic carbocycles. The Labute approximate surface area is 125 Å². The third-order valence-electron chi connectivity index (χ3n) is 3.50. The molecule has 1 saturated heterocycles. The zero-order valence-corrected chi connectivity index (χ0v) is 13.0. The largest absolute Gasteiger partial charge is 0.492 e. The Morgan fingerprint density at radius 1 is 1.48 bits per heavy atom. The number of hydrogen-bond acceptors (Lipinski definition) is 5. The second-order valence-electron chi connectivity index (χ2n) is 5.67. The molecule has 1 atom stereocenters. The van der Waals surface area contributed by atoms with Crippen molar-refractivity contribution >= 4 is 15.7 Å². The molecule has 0 amide bonds. The zero-order valence-electron chi connectivity index (χ0n) is 12.2. The maximum atomic E-state index is 12.2. The monoisotopic (exact) mass is 314 g/mol. The minimum absolute atomic E-state index is 0.0599. The third kappa shape index (κ3) is 4.59. The molecule has 0 spiro atoms. The van der Waals surface area contributed by atoms with E-state index in [2.05, 4.69) is 0 Å². The molecular weight excluding hydrogens is 292 g/mol. The lowest BCUT2D eigenvalue weighted by Gasteiger charge is -2.35. The first-order valence-corrected chi connectivity index (χ1v) is 8.58. The van der Waals surface area contributed by atoms with Gasteiger partial charge in [0, 0.05) is 24.8 Å². The van der Waals surface area contributed by atoms with Gasteiger partial charge in [-0.25, -0.2) is 8.42 Å². The van der Waals surface area contributed by atoms with Crippen LogP contribution < -0.4 is 10.5 Å². The van der Waals surface area contributed by atoms with Gasteiger partial charge in [0.2, 0.25) is 10.0 Å². The van der Waals surface area contributed by atoms with E-state index in [0.29, 0.717) is 30.8 Å². The van der Waals surface area contributed by atoms with Crippen molar-refractivity contribution in [2.24, 2.45) is 0 Å². The second-order valence-corrected chi connectivity index (χ2v) is 7.76. The first-order valence-electron chi connectivity index (χ1n) is 6.97. The topological polar surface area (TPSA) is 92.9 Å². The van der Waals surface area contributed by atoms with Crippen LogP contribution in [0.15, 0.2) is 24.3 Å². The SMILES string of the molecule is CC1(O)CCCN(S(=O)(=O)CCOc2cccc(N)c2)C1. The summed E-state index contributed by atoms with van der Waals surface area (Å²) in [6, 6.07) is 6.87. The van der Waals surface area contributed by atoms with Gasteiger partial charge in [0.15, 0.2) is 0 Å². The minimum Gasteiger partial charge on any atom is -0.492 e. The summed E-state index contributed by atoms with van der Waals surface area (Å²) in [6.07, 6.45) is 1.29. The summed E-state index contributed by atoms with van der Waals surface area (Å²) in [7, 11) is -3.42. The van der Waals surface area contributed by atoms with Crippen molar-refractivity contribution in [1.82, 2.24) is 4.31 Å². The fourth-order valence-corrected chi connectivity index (χ4v) is 3.84. The second kappa shape index (κ2) is 6.21. The summed E-state index contributed by atoms with van der Waals surface area (Å²) in [5, 5.41) is 9.99. The molecule has 2 rings (SSSR count). The van der Waals surface area contributed by atoms with Crippen LogP contribution in [0.1, 0.15) is 19.8 Å². The summed E-state index contributed by atoms with van der Waals surface area (Å²) < 4.78 is 31.2. The molecule has 118 valence electrons. The molecule has 1 aromatic rings. The van der Waals surface area contributed by atoms with Crippen molar-refractivity contribution in [2.75, 3.05) is 31.2 Å². The number of piperidine rings is 1. The number of sulfonamides is 1. The lowest BCUT2D eigenvalue weighted by Crippen LogP contribution is -2.49. The molecule has 0 bridgehead atoms. The predicted octanol–water partition coefficient (Wildman–Crippen LogP) is 0.824. The molecule has 1 unspecified atom stereocenters. The lowest BCUT2D eigenvalue weighted by molar-refractivity contribution is 0.00933. The Kier molecular flexibility index (Phi) is 4.75. The molecule has 3 N–H and O–H groups in total. The predicted molar refractivity (Wildman–Crippen MR) is 81.6 cm³/mol. The van der Waals surface area contributed by atoms with Gasteiger partial charge in [-0.05, 0) is 31.9 Å². The summed E-state index contributed by atoms with van der Waals surface area (Å²) in [5.41, 5.74) is 5.26. The van der Waals surface area contributed by atoms with Crippen LogP contribution in [0.5, 0.6) is 5.75 Å². The summed E-state index contributed by atoms with van der Waals surface area (Å²) >= 11 is 0. The minimum atomic E-state index is -3.42. The van der Waals surface area contributed by atoms with E-state index in [-0.39, 0.29) is 18.9 Å². The molecule has 0 saturated carbocycles. The molecule has 0 radical (unpaired) electrons. The fraction of sp³-hybridized carbons (Fsp3) is 0.571. The summed E-state index contributed by atoms with van der Waals surface area (Å²) in [5.74, 6) is 0.438. The number of hydrogen-bond donors (Lipinski definition) is 2. The van der Waals surface area contributed by atoms with E-state index in [9.17, 15) is 13.5 Å². The first-order chi connectivity index (χ1) is 9.78. The molecular formula is C14H22N2O4S. The van der Waals surface area contributed by atoms with Gasteiger partial charge in [-0.15, -0.1) is 0 Å². The fourth-order valence-electron chi connectivity index (χ4n) is 2.41. The molecule has 0 aromatic heterocycles. The third-order valence-corrected chi connectivity index (χ3v) is 5.28. The van der Waals surface area contributed by atoms with E-state index in [1.807, 2.05) is 0 Å². The first kappa shape index (κ1) is 16.1. The molecule has 1 heterocycles. The number of anilines is 1. The quantitative estimate of drug-likeness (QED) is 0.785. The number of ether oxygens (including phenoxy) is 1. The maximum Gasteiger partial charge on any atom is 0.217 e. The van der Waals surface area contributed by atoms with E-state index >= 15 is 0 Å². The lowest BCUT2D eigenvalue weighted by atomic mass is 9.97. The molecule has 0 aliphatic carbocycles. The Morgan fingerprint density at radius 3 is 2.90 bits per heavy atom. The Bertz CT molecular complexity index is 586. The van der Waals surface area contributed by atoms with Crippen molar-refractivity contribution < 1.29 is 18.3 Å². The molecule has 6 nitrogen and oxygen atoms in total. The molecule has 21 heavy (non-hydrogen) atoms. The van der Waals surface area contributed by atoms with Gasteiger partial charge in [0.1, 0.15) is 12.4 Å². The van der Waals surface area contributed by atoms with Crippen LogP contribution in [0.3, 0.4) is 0 Å². The highest BCUT2D eigenvalue weighted by Crippen LogP contribution is 2.22. The van der Waals surface area contributed by atoms with Crippen molar-refractivity contribution in [2.45, 2.75) is 25.4 Å². The van der Waals surface area contributed by atoms with Gasteiger partial charge >= 0.3 is 0 Å². The van der Waals surface area contributed by atoms with E-state index in [4.69, 9.17) is 10.5 Å². The number of β-amino-alcohol motifs (C(OH)–C–C–N with tert-alkyl or cyclic N) is 1. The number of aliphatic hydroxyl groups is 1. The smallest absolute Gasteiger partial charge is 0.217 e. The standard InChI is InChI=1S/C14H22N2O4S/c1-14(17)6-3-7-16(11-14)21(18,19)9-8-20-13-5-2-4-12(15)10-13/h2,4-5,10,17H,3,6-9,11,15H2,1H3. The highest BCUT2D eigenvalue weighted by molar-refractivity contribution is 7.89. The van der Waals surface area contributed by atoms with Gasteiger partial charge < -0.3 is 15.6 Å². The average Bonchev–Trinajstić information content (AvgIpc) is 2.37. The van der Waals surface area contributed by atoms with E-state index in [1.165, 1.54) is 4.31 Å². The zero-order chi connectivity index (χ0) is 15.5. The number of nitrogens with zero attached hydrogens (tertiary/aromatic N) is 1. The molecule has 1 aliphatic heterocycles. The maximum absolute atomic E-state index is 12.2. The van der Waals surface area contributed by atoms with Crippen molar-refractivity contribution in [3.8, 4) is 5.75 Å². The van der Waals surface area contributed by atoms with Crippen LogP contribution in [0, 0.1) is 0 Å². The Hall–Kier alpha value is -1.31. The summed E-state index contributed by atoms with van der Waals surface area (Å²) in [6.45, 7) is 2.33. The molecule has 7 heteroatoms. The van der Waals surface area contributed by atoms with Crippen LogP contribution in [0.4, 0.5) is 5.69 Å². The van der Waals surface area contributed by atoms with Gasteiger partial charge in [-0.3, -0.25) is 0 Å². The van der Waals surface area contributed by atoms with Crippen LogP contribution in [0.2, 0.25) is 0 Å². The van der Waals surface area contributed by atoms with Gasteiger partial charge in [0.25, 0.3) is 0 Å². The van der Waals surface area contributed by atoms with Crippen LogP contribution in [0.25, 0.3) is 0 Å². The number of rotatable bonds is 5.